The fourth-order valence-electron chi connectivity index (χ4n) is 4.04. The number of aliphatic hydroxyl groups is 1. The van der Waals surface area contributed by atoms with Gasteiger partial charge in [0.05, 0.1) is 23.0 Å². The van der Waals surface area contributed by atoms with E-state index in [0.717, 1.165) is 27.6 Å². The molecule has 0 fully saturated rings. The van der Waals surface area contributed by atoms with Crippen LogP contribution in [0.3, 0.4) is 0 Å². The topological polar surface area (TPSA) is 57.1 Å². The molecule has 3 aromatic carbocycles. The highest BCUT2D eigenvalue weighted by Gasteiger charge is 2.26. The summed E-state index contributed by atoms with van der Waals surface area (Å²) in [6, 6.07) is 22.0. The summed E-state index contributed by atoms with van der Waals surface area (Å²) in [7, 11) is -0.207. The molecule has 3 aromatic rings. The summed E-state index contributed by atoms with van der Waals surface area (Å²) < 4.78 is 19.2. The van der Waals surface area contributed by atoms with Crippen LogP contribution in [0.5, 0.6) is 5.75 Å². The van der Waals surface area contributed by atoms with E-state index in [0.29, 0.717) is 23.1 Å². The molecule has 2 aliphatic rings. The monoisotopic (exact) mass is 521 g/mol. The van der Waals surface area contributed by atoms with E-state index in [1.165, 1.54) is 17.7 Å². The number of anilines is 1. The lowest BCUT2D eigenvalue weighted by Crippen LogP contribution is -2.33. The Morgan fingerprint density at radius 3 is 2.64 bits per heavy atom. The lowest BCUT2D eigenvalue weighted by molar-refractivity contribution is 0.306. The van der Waals surface area contributed by atoms with Crippen molar-refractivity contribution in [1.82, 2.24) is 4.90 Å². The van der Waals surface area contributed by atoms with Crippen molar-refractivity contribution in [3.8, 4) is 5.75 Å². The number of nitrogens with one attached hydrogen (secondary N) is 1. The molecule has 1 atom stereocenters. The number of halogens is 2. The van der Waals surface area contributed by atoms with E-state index in [2.05, 4.69) is 33.8 Å². The van der Waals surface area contributed by atoms with Crippen LogP contribution < -0.4 is 10.1 Å². The van der Waals surface area contributed by atoms with Gasteiger partial charge in [0.25, 0.3) is 0 Å². The molecule has 2 heterocycles. The summed E-state index contributed by atoms with van der Waals surface area (Å²) in [5.74, 6) is 1.61. The van der Waals surface area contributed by atoms with Gasteiger partial charge in [0.2, 0.25) is 0 Å². The van der Waals surface area contributed by atoms with Gasteiger partial charge in [-0.05, 0) is 52.9 Å². The summed E-state index contributed by atoms with van der Waals surface area (Å²) in [5, 5.41) is 15.6. The maximum absolute atomic E-state index is 13.4. The summed E-state index contributed by atoms with van der Waals surface area (Å²) >= 11 is 6.49. The van der Waals surface area contributed by atoms with Crippen LogP contribution in [0.4, 0.5) is 10.1 Å². The largest absolute Gasteiger partial charge is 0.487 e. The first-order valence-corrected chi connectivity index (χ1v) is 13.3. The van der Waals surface area contributed by atoms with Crippen molar-refractivity contribution in [3.05, 3.63) is 118 Å². The highest BCUT2D eigenvalue weighted by atomic mass is 35.5. The fourth-order valence-corrected chi connectivity index (χ4v) is 6.09. The van der Waals surface area contributed by atoms with Gasteiger partial charge >= 0.3 is 0 Å². The van der Waals surface area contributed by atoms with Gasteiger partial charge in [0, 0.05) is 23.6 Å². The second-order valence-corrected chi connectivity index (χ2v) is 10.6. The Bertz CT molecular complexity index is 1390. The maximum atomic E-state index is 13.4. The molecular weight excluding hydrogens is 497 g/mol. The van der Waals surface area contributed by atoms with Crippen LogP contribution in [-0.4, -0.2) is 33.7 Å². The van der Waals surface area contributed by atoms with Crippen LogP contribution in [-0.2, 0) is 13.2 Å². The predicted molar refractivity (Wildman–Crippen MR) is 147 cm³/mol. The highest BCUT2D eigenvalue weighted by molar-refractivity contribution is 8.19. The van der Waals surface area contributed by atoms with E-state index in [1.807, 2.05) is 30.6 Å². The molecular formula is C28H25ClFN3O2S. The van der Waals surface area contributed by atoms with Gasteiger partial charge in [-0.2, -0.15) is 0 Å². The minimum atomic E-state index is -0.300. The molecule has 0 bridgehead atoms. The van der Waals surface area contributed by atoms with Gasteiger partial charge in [0.1, 0.15) is 24.0 Å². The van der Waals surface area contributed by atoms with E-state index < -0.39 is 0 Å². The zero-order valence-corrected chi connectivity index (χ0v) is 21.0. The van der Waals surface area contributed by atoms with Gasteiger partial charge in [-0.15, -0.1) is 10.5 Å². The average Bonchev–Trinajstić information content (AvgIpc) is 3.30. The van der Waals surface area contributed by atoms with Crippen molar-refractivity contribution in [2.75, 3.05) is 17.7 Å². The third kappa shape index (κ3) is 5.54. The quantitative estimate of drug-likeness (QED) is 0.332. The first-order chi connectivity index (χ1) is 17.6. The molecule has 8 heteroatoms. The number of aliphatic imine (C=N–C) groups is 1. The van der Waals surface area contributed by atoms with Gasteiger partial charge in [-0.1, -0.05) is 54.1 Å². The summed E-state index contributed by atoms with van der Waals surface area (Å²) in [5.41, 5.74) is 3.70. The standard InChI is InChI=1S/C28H25ClFN3O2S/c29-25-16-23(9-10-26(25)35-18-21-7-4-8-22(30)15-21)32-27-24-11-13-36(14-12-34)28(24)33(19-31-27)17-20-5-2-1-3-6-20/h1-11,13,15-16,19,32,34H,12,14,17-18H2. The molecule has 2 aliphatic heterocycles. The Labute approximate surface area is 217 Å². The van der Waals surface area contributed by atoms with Gasteiger partial charge in [-0.3, -0.25) is 0 Å². The molecule has 0 amide bonds. The Morgan fingerprint density at radius 2 is 1.86 bits per heavy atom. The number of hydrogen-bond donors (Lipinski definition) is 2. The lowest BCUT2D eigenvalue weighted by atomic mass is 10.1. The normalized spacial score (nSPS) is 16.5. The molecule has 0 saturated heterocycles. The number of fused-ring (bicyclic) bond motifs is 1. The number of hydrogen-bond acceptors (Lipinski definition) is 5. The summed E-state index contributed by atoms with van der Waals surface area (Å²) in [6.45, 7) is 1.05. The third-order valence-electron chi connectivity index (χ3n) is 5.70. The van der Waals surface area contributed by atoms with Crippen LogP contribution in [0, 0.1) is 5.82 Å². The number of benzene rings is 3. The summed E-state index contributed by atoms with van der Waals surface area (Å²) in [4.78, 5) is 8.01. The highest BCUT2D eigenvalue weighted by Crippen LogP contribution is 2.36. The average molecular weight is 522 g/mol. The zero-order valence-electron chi connectivity index (χ0n) is 19.4. The van der Waals surface area contributed by atoms with Gasteiger partial charge in [-0.25, -0.2) is 9.38 Å². The SMILES string of the molecule is OCCS1=C2C(=C(Nc3ccc(OCc4cccc(F)c4)c(Cl)c3)N=CN2Cc2ccccc2)C=C1. The first kappa shape index (κ1) is 24.3. The van der Waals surface area contributed by atoms with Gasteiger partial charge in [0.15, 0.2) is 0 Å². The number of ether oxygens (including phenoxy) is 1. The lowest BCUT2D eigenvalue weighted by Gasteiger charge is -2.28. The van der Waals surface area contributed by atoms with Crippen LogP contribution >= 0.6 is 22.1 Å². The molecule has 5 nitrogen and oxygen atoms in total. The Morgan fingerprint density at radius 1 is 1.03 bits per heavy atom. The smallest absolute Gasteiger partial charge is 0.142 e. The van der Waals surface area contributed by atoms with E-state index in [-0.39, 0.29) is 29.5 Å². The first-order valence-electron chi connectivity index (χ1n) is 11.5. The van der Waals surface area contributed by atoms with Crippen LogP contribution in [0.15, 0.2) is 101 Å². The van der Waals surface area contributed by atoms with Crippen molar-refractivity contribution in [2.24, 2.45) is 4.99 Å². The van der Waals surface area contributed by atoms with Crippen molar-refractivity contribution in [1.29, 1.82) is 0 Å². The van der Waals surface area contributed by atoms with Crippen molar-refractivity contribution in [3.63, 3.8) is 0 Å². The van der Waals surface area contributed by atoms with Crippen LogP contribution in [0.1, 0.15) is 11.1 Å². The molecule has 0 aromatic heterocycles. The summed E-state index contributed by atoms with van der Waals surface area (Å²) in [6.07, 6.45) is 3.92. The Kier molecular flexibility index (Phi) is 7.51. The molecule has 5 rings (SSSR count). The zero-order chi connectivity index (χ0) is 24.9. The number of aliphatic hydroxyl groups excluding tert-OH is 1. The van der Waals surface area contributed by atoms with E-state index in [4.69, 9.17) is 21.3 Å². The van der Waals surface area contributed by atoms with E-state index in [9.17, 15) is 9.50 Å². The molecule has 0 spiro atoms. The van der Waals surface area contributed by atoms with Gasteiger partial charge < -0.3 is 20.1 Å². The van der Waals surface area contributed by atoms with Crippen molar-refractivity contribution in [2.45, 2.75) is 13.2 Å². The predicted octanol–water partition coefficient (Wildman–Crippen LogP) is 6.14. The minimum absolute atomic E-state index is 0.121. The fraction of sp³-hybridized carbons (Fsp3) is 0.143. The molecule has 2 N–H and O–H groups in total. The second-order valence-electron chi connectivity index (χ2n) is 8.27. The van der Waals surface area contributed by atoms with Crippen molar-refractivity contribution >= 4 is 39.1 Å². The molecule has 0 aliphatic carbocycles. The second kappa shape index (κ2) is 11.1. The third-order valence-corrected chi connectivity index (χ3v) is 8.04. The Balaban J connectivity index is 1.34. The van der Waals surface area contributed by atoms with E-state index >= 15 is 0 Å². The molecule has 0 radical (unpaired) electrons. The van der Waals surface area contributed by atoms with Crippen LogP contribution in [0.2, 0.25) is 5.02 Å². The van der Waals surface area contributed by atoms with Crippen molar-refractivity contribution < 1.29 is 14.2 Å². The van der Waals surface area contributed by atoms with Crippen LogP contribution in [0.25, 0.3) is 0 Å². The number of rotatable bonds is 9. The Hall–Kier alpha value is -3.39. The molecule has 0 saturated carbocycles. The minimum Gasteiger partial charge on any atom is -0.487 e. The molecule has 184 valence electrons. The van der Waals surface area contributed by atoms with E-state index in [1.54, 1.807) is 24.3 Å². The molecule has 36 heavy (non-hydrogen) atoms. The number of nitrogens with zero attached hydrogens (tertiary/aromatic N) is 2. The molecule has 1 unspecified atom stereocenters. The maximum Gasteiger partial charge on any atom is 0.142 e.